The molecule has 0 aliphatic heterocycles. The molecule has 1 heterocycles. The molecule has 0 radical (unpaired) electrons. The summed E-state index contributed by atoms with van der Waals surface area (Å²) in [5, 5.41) is 25.8. The summed E-state index contributed by atoms with van der Waals surface area (Å²) >= 11 is 0. The van der Waals surface area contributed by atoms with Gasteiger partial charge in [-0.2, -0.15) is 13.5 Å². The molecule has 1 aromatic heterocycles. The van der Waals surface area contributed by atoms with Crippen molar-refractivity contribution in [3.63, 3.8) is 0 Å². The van der Waals surface area contributed by atoms with Gasteiger partial charge in [0.25, 0.3) is 10.0 Å². The van der Waals surface area contributed by atoms with Crippen molar-refractivity contribution in [3.8, 4) is 0 Å². The van der Waals surface area contributed by atoms with Gasteiger partial charge in [0.1, 0.15) is 0 Å². The molecule has 0 spiro atoms. The van der Waals surface area contributed by atoms with E-state index in [2.05, 4.69) is 21.2 Å². The molecule has 2 amide bonds. The standard InChI is InChI=1S/C22H29BN4O5S/c28-22(24-21-18-8-1-4-14(18)12-15-5-2-9-19(15)21)26-33(31,32)20-10-11-27(25-20)17-7-3-6-16(13-17)23(29)30/h10-12,16-17,29-30H,1-9,13H2,(H2,24,26,28)/t16-,17+/m0/s1. The zero-order valence-electron chi connectivity index (χ0n) is 18.5. The van der Waals surface area contributed by atoms with Crippen LogP contribution in [0, 0.1) is 0 Å². The minimum atomic E-state index is -4.15. The lowest BCUT2D eigenvalue weighted by Crippen LogP contribution is -2.35. The molecule has 0 unspecified atom stereocenters. The number of nitrogens with one attached hydrogen (secondary N) is 2. The van der Waals surface area contributed by atoms with Gasteiger partial charge in [0.05, 0.1) is 6.04 Å². The number of hydrogen-bond acceptors (Lipinski definition) is 6. The molecule has 2 aromatic rings. The third kappa shape index (κ3) is 4.41. The first kappa shape index (κ1) is 22.4. The maximum atomic E-state index is 12.8. The number of aryl methyl sites for hydroxylation is 2. The average Bonchev–Trinajstić information content (AvgIpc) is 3.53. The zero-order chi connectivity index (χ0) is 23.2. The van der Waals surface area contributed by atoms with Crippen molar-refractivity contribution in [1.82, 2.24) is 14.5 Å². The van der Waals surface area contributed by atoms with E-state index in [-0.39, 0.29) is 16.9 Å². The van der Waals surface area contributed by atoms with Crippen LogP contribution in [0.2, 0.25) is 5.82 Å². The van der Waals surface area contributed by atoms with Crippen LogP contribution in [0.1, 0.15) is 66.8 Å². The first-order valence-electron chi connectivity index (χ1n) is 11.7. The number of rotatable bonds is 5. The summed E-state index contributed by atoms with van der Waals surface area (Å²) in [5.41, 5.74) is 5.56. The van der Waals surface area contributed by atoms with Crippen molar-refractivity contribution >= 4 is 28.9 Å². The van der Waals surface area contributed by atoms with Crippen molar-refractivity contribution in [2.24, 2.45) is 0 Å². The van der Waals surface area contributed by atoms with E-state index in [0.29, 0.717) is 6.42 Å². The number of carbonyl (C=O) groups excluding carboxylic acids is 1. The maximum Gasteiger partial charge on any atom is 0.454 e. The maximum absolute atomic E-state index is 12.8. The van der Waals surface area contributed by atoms with Crippen molar-refractivity contribution in [1.29, 1.82) is 0 Å². The predicted molar refractivity (Wildman–Crippen MR) is 124 cm³/mol. The Kier molecular flexibility index (Phi) is 5.96. The first-order valence-corrected chi connectivity index (χ1v) is 13.2. The lowest BCUT2D eigenvalue weighted by Gasteiger charge is -2.28. The normalized spacial score (nSPS) is 22.0. The SMILES string of the molecule is O=C(Nc1c2c(cc3c1CCC3)CCC2)NS(=O)(=O)c1ccn([C@@H]2CCC[C@H](B(O)O)C2)n1. The van der Waals surface area contributed by atoms with E-state index < -0.39 is 23.2 Å². The van der Waals surface area contributed by atoms with Gasteiger partial charge in [0.15, 0.2) is 5.03 Å². The molecule has 176 valence electrons. The number of aromatic nitrogens is 2. The van der Waals surface area contributed by atoms with Crippen LogP contribution in [0.25, 0.3) is 0 Å². The van der Waals surface area contributed by atoms with Gasteiger partial charge in [-0.15, -0.1) is 0 Å². The van der Waals surface area contributed by atoms with Gasteiger partial charge in [-0.05, 0) is 85.5 Å². The summed E-state index contributed by atoms with van der Waals surface area (Å²) in [7, 11) is -5.54. The van der Waals surface area contributed by atoms with Crippen LogP contribution < -0.4 is 10.0 Å². The number of fused-ring (bicyclic) bond motifs is 2. The van der Waals surface area contributed by atoms with Gasteiger partial charge in [-0.3, -0.25) is 4.68 Å². The monoisotopic (exact) mass is 472 g/mol. The summed E-state index contributed by atoms with van der Waals surface area (Å²) in [6.45, 7) is 0. The van der Waals surface area contributed by atoms with E-state index in [1.165, 1.54) is 17.2 Å². The highest BCUT2D eigenvalue weighted by Gasteiger charge is 2.32. The van der Waals surface area contributed by atoms with Gasteiger partial charge < -0.3 is 15.4 Å². The first-order chi connectivity index (χ1) is 15.8. The molecule has 4 N–H and O–H groups in total. The largest absolute Gasteiger partial charge is 0.454 e. The highest BCUT2D eigenvalue weighted by molar-refractivity contribution is 7.90. The third-order valence-corrected chi connectivity index (χ3v) is 8.50. The Balaban J connectivity index is 1.30. The molecule has 5 rings (SSSR count). The van der Waals surface area contributed by atoms with Gasteiger partial charge in [0, 0.05) is 11.9 Å². The number of carbonyl (C=O) groups is 1. The average molecular weight is 472 g/mol. The quantitative estimate of drug-likeness (QED) is 0.494. The predicted octanol–water partition coefficient (Wildman–Crippen LogP) is 2.33. The van der Waals surface area contributed by atoms with Crippen molar-refractivity contribution in [2.75, 3.05) is 5.32 Å². The van der Waals surface area contributed by atoms with Crippen LogP contribution in [0.15, 0.2) is 23.4 Å². The number of anilines is 1. The van der Waals surface area contributed by atoms with Crippen LogP contribution >= 0.6 is 0 Å². The van der Waals surface area contributed by atoms with E-state index in [4.69, 9.17) is 0 Å². The van der Waals surface area contributed by atoms with Gasteiger partial charge in [-0.1, -0.05) is 18.9 Å². The van der Waals surface area contributed by atoms with Gasteiger partial charge in [-0.25, -0.2) is 9.52 Å². The number of urea groups is 1. The second-order valence-corrected chi connectivity index (χ2v) is 11.1. The fourth-order valence-corrected chi connectivity index (χ4v) is 6.50. The summed E-state index contributed by atoms with van der Waals surface area (Å²) in [6.07, 6.45) is 10.2. The highest BCUT2D eigenvalue weighted by Crippen LogP contribution is 2.39. The van der Waals surface area contributed by atoms with Crippen molar-refractivity contribution < 1.29 is 23.3 Å². The molecule has 2 atom stereocenters. The van der Waals surface area contributed by atoms with Crippen LogP contribution in [0.5, 0.6) is 0 Å². The highest BCUT2D eigenvalue weighted by atomic mass is 32.2. The van der Waals surface area contributed by atoms with Crippen LogP contribution in [0.3, 0.4) is 0 Å². The number of nitrogens with zero attached hydrogens (tertiary/aromatic N) is 2. The summed E-state index contributed by atoms with van der Waals surface area (Å²) in [6, 6.07) is 2.73. The fraction of sp³-hybridized carbons (Fsp3) is 0.545. The molecule has 0 saturated heterocycles. The molecule has 3 aliphatic rings. The lowest BCUT2D eigenvalue weighted by molar-refractivity contribution is 0.256. The number of amides is 2. The van der Waals surface area contributed by atoms with E-state index >= 15 is 0 Å². The third-order valence-electron chi connectivity index (χ3n) is 7.28. The molecule has 1 fully saturated rings. The minimum absolute atomic E-state index is 0.113. The fourth-order valence-electron chi connectivity index (χ4n) is 5.66. The Bertz CT molecular complexity index is 1150. The number of sulfonamides is 1. The Hall–Kier alpha value is -2.37. The Morgan fingerprint density at radius 3 is 2.42 bits per heavy atom. The van der Waals surface area contributed by atoms with Crippen LogP contribution in [-0.2, 0) is 35.7 Å². The smallest absolute Gasteiger partial charge is 0.427 e. The summed E-state index contributed by atoms with van der Waals surface area (Å²) < 4.78 is 29.3. The van der Waals surface area contributed by atoms with Crippen molar-refractivity contribution in [3.05, 3.63) is 40.6 Å². The lowest BCUT2D eigenvalue weighted by atomic mass is 9.64. The molecule has 1 saturated carbocycles. The minimum Gasteiger partial charge on any atom is -0.427 e. The van der Waals surface area contributed by atoms with Crippen LogP contribution in [0.4, 0.5) is 10.5 Å². The Morgan fingerprint density at radius 2 is 1.76 bits per heavy atom. The van der Waals surface area contributed by atoms with E-state index in [1.54, 1.807) is 10.9 Å². The molecule has 3 aliphatic carbocycles. The molecule has 33 heavy (non-hydrogen) atoms. The Labute approximate surface area is 193 Å². The summed E-state index contributed by atoms with van der Waals surface area (Å²) in [4.78, 5) is 12.7. The molecular formula is C22H29BN4O5S. The van der Waals surface area contributed by atoms with Gasteiger partial charge >= 0.3 is 13.1 Å². The zero-order valence-corrected chi connectivity index (χ0v) is 19.3. The molecule has 11 heteroatoms. The van der Waals surface area contributed by atoms with E-state index in [0.717, 1.165) is 74.6 Å². The topological polar surface area (TPSA) is 134 Å². The van der Waals surface area contributed by atoms with E-state index in [1.807, 2.05) is 0 Å². The van der Waals surface area contributed by atoms with Crippen molar-refractivity contribution in [2.45, 2.75) is 81.1 Å². The second kappa shape index (κ2) is 8.77. The molecule has 0 bridgehead atoms. The molecular weight excluding hydrogens is 443 g/mol. The molecule has 1 aromatic carbocycles. The molecule has 9 nitrogen and oxygen atoms in total. The number of benzene rings is 1. The van der Waals surface area contributed by atoms with Crippen LogP contribution in [-0.4, -0.2) is 41.4 Å². The Morgan fingerprint density at radius 1 is 1.06 bits per heavy atom. The summed E-state index contributed by atoms with van der Waals surface area (Å²) in [5.74, 6) is -0.258. The number of hydrogen-bond donors (Lipinski definition) is 4. The van der Waals surface area contributed by atoms with Gasteiger partial charge in [0.2, 0.25) is 0 Å². The van der Waals surface area contributed by atoms with E-state index in [9.17, 15) is 23.3 Å². The second-order valence-electron chi connectivity index (χ2n) is 9.42.